The maximum Gasteiger partial charge on any atom is 0.256 e. The molecule has 0 aliphatic heterocycles. The largest absolute Gasteiger partial charge is 0.256 e. The van der Waals surface area contributed by atoms with E-state index in [-0.39, 0.29) is 0 Å². The molecular weight excluding hydrogens is 508 g/mol. The number of aromatic nitrogens is 2. The van der Waals surface area contributed by atoms with Crippen molar-refractivity contribution in [3.8, 4) is 0 Å². The molecule has 0 amide bonds. The first-order chi connectivity index (χ1) is 20.8. The van der Waals surface area contributed by atoms with E-state index in [9.17, 15) is 0 Å². The van der Waals surface area contributed by atoms with Crippen LogP contribution in [0.25, 0.3) is 0 Å². The van der Waals surface area contributed by atoms with Gasteiger partial charge < -0.3 is 0 Å². The fraction of sp³-hybridized carbons (Fsp3) is 0.925. The minimum absolute atomic E-state index is 1.23. The Morgan fingerprint density at radius 1 is 0.405 bits per heavy atom. The van der Waals surface area contributed by atoms with Gasteiger partial charge in [-0.2, -0.15) is 0 Å². The molecule has 0 N–H and O–H groups in total. The van der Waals surface area contributed by atoms with Gasteiger partial charge in [0.15, 0.2) is 0 Å². The quantitative estimate of drug-likeness (QED) is 0.0560. The molecule has 1 rings (SSSR count). The Kier molecular flexibility index (Phi) is 29.5. The Labute approximate surface area is 266 Å². The third kappa shape index (κ3) is 23.6. The van der Waals surface area contributed by atoms with Gasteiger partial charge in [0.1, 0.15) is 12.4 Å². The van der Waals surface area contributed by atoms with Crippen molar-refractivity contribution in [3.05, 3.63) is 18.2 Å². The standard InChI is InChI=1S/C40H79N2/c1-4-7-10-13-15-17-19-21-23-25-27-29-31-34-37-42-39-38-41(40(42)35-32-12-9-6-3)36-33-30-28-26-24-22-20-18-16-14-11-8-5-2/h38-39H,4-37H2,1-3H3/q+1. The van der Waals surface area contributed by atoms with Crippen molar-refractivity contribution < 1.29 is 4.57 Å². The molecule has 0 fully saturated rings. The van der Waals surface area contributed by atoms with Crippen LogP contribution in [-0.2, 0) is 19.5 Å². The zero-order valence-electron chi connectivity index (χ0n) is 29.6. The average Bonchev–Trinajstić information content (AvgIpc) is 3.38. The zero-order chi connectivity index (χ0) is 30.2. The summed E-state index contributed by atoms with van der Waals surface area (Å²) in [6.45, 7) is 9.40. The third-order valence-electron chi connectivity index (χ3n) is 9.60. The van der Waals surface area contributed by atoms with Crippen LogP contribution in [0.1, 0.15) is 226 Å². The second kappa shape index (κ2) is 31.6. The highest BCUT2D eigenvalue weighted by molar-refractivity contribution is 4.84. The molecule has 0 aliphatic carbocycles. The average molecular weight is 588 g/mol. The molecule has 0 radical (unpaired) electrons. The van der Waals surface area contributed by atoms with Crippen LogP contribution in [0.5, 0.6) is 0 Å². The summed E-state index contributed by atoms with van der Waals surface area (Å²) in [5, 5.41) is 0. The number of imidazole rings is 1. The van der Waals surface area contributed by atoms with Crippen LogP contribution in [0.2, 0.25) is 0 Å². The number of hydrogen-bond donors (Lipinski definition) is 0. The Hall–Kier alpha value is -0.790. The lowest BCUT2D eigenvalue weighted by molar-refractivity contribution is -0.704. The minimum atomic E-state index is 1.23. The van der Waals surface area contributed by atoms with Gasteiger partial charge in [0.25, 0.3) is 5.82 Å². The Morgan fingerprint density at radius 3 is 1.14 bits per heavy atom. The van der Waals surface area contributed by atoms with E-state index in [1.807, 2.05) is 0 Å². The van der Waals surface area contributed by atoms with Crippen molar-refractivity contribution in [2.75, 3.05) is 0 Å². The molecule has 1 aromatic heterocycles. The first-order valence-corrected chi connectivity index (χ1v) is 19.9. The van der Waals surface area contributed by atoms with E-state index >= 15 is 0 Å². The molecule has 0 saturated heterocycles. The summed E-state index contributed by atoms with van der Waals surface area (Å²) < 4.78 is 5.24. The van der Waals surface area contributed by atoms with Crippen molar-refractivity contribution in [2.24, 2.45) is 0 Å². The van der Waals surface area contributed by atoms with Crippen molar-refractivity contribution in [3.63, 3.8) is 0 Å². The maximum absolute atomic E-state index is 2.62. The Balaban J connectivity index is 2.15. The number of aryl methyl sites for hydroxylation is 2. The van der Waals surface area contributed by atoms with Crippen LogP contribution < -0.4 is 4.57 Å². The highest BCUT2D eigenvalue weighted by Crippen LogP contribution is 2.15. The third-order valence-corrected chi connectivity index (χ3v) is 9.60. The molecule has 0 atom stereocenters. The predicted molar refractivity (Wildman–Crippen MR) is 188 cm³/mol. The summed E-state index contributed by atoms with van der Waals surface area (Å²) in [5.74, 6) is 1.61. The summed E-state index contributed by atoms with van der Waals surface area (Å²) in [6, 6.07) is 0. The lowest BCUT2D eigenvalue weighted by atomic mass is 10.0. The molecule has 42 heavy (non-hydrogen) atoms. The molecule has 0 bridgehead atoms. The fourth-order valence-corrected chi connectivity index (χ4v) is 6.68. The summed E-state index contributed by atoms with van der Waals surface area (Å²) in [5.41, 5.74) is 0. The number of hydrogen-bond acceptors (Lipinski definition) is 0. The molecule has 1 heterocycles. The molecule has 0 unspecified atom stereocenters. The lowest BCUT2D eigenvalue weighted by Gasteiger charge is -2.07. The molecule has 1 aromatic rings. The van der Waals surface area contributed by atoms with Gasteiger partial charge in [-0.25, -0.2) is 9.13 Å². The molecule has 0 saturated carbocycles. The van der Waals surface area contributed by atoms with Crippen LogP contribution in [-0.4, -0.2) is 4.57 Å². The normalized spacial score (nSPS) is 11.6. The van der Waals surface area contributed by atoms with Gasteiger partial charge in [0.05, 0.1) is 13.1 Å². The van der Waals surface area contributed by atoms with Crippen LogP contribution in [0, 0.1) is 0 Å². The SMILES string of the molecule is CCCCCCCCCCCCCCCCn1cc[n+](CCCCCCCCCCCCCCC)c1CCCCCC. The molecule has 0 aliphatic rings. The Bertz CT molecular complexity index is 648. The van der Waals surface area contributed by atoms with Crippen molar-refractivity contribution >= 4 is 0 Å². The van der Waals surface area contributed by atoms with Crippen LogP contribution in [0.3, 0.4) is 0 Å². The van der Waals surface area contributed by atoms with Crippen LogP contribution >= 0.6 is 0 Å². The Morgan fingerprint density at radius 2 is 0.738 bits per heavy atom. The van der Waals surface area contributed by atoms with E-state index in [4.69, 9.17) is 0 Å². The monoisotopic (exact) mass is 588 g/mol. The first kappa shape index (κ1) is 39.2. The highest BCUT2D eigenvalue weighted by Gasteiger charge is 2.16. The highest BCUT2D eigenvalue weighted by atomic mass is 15.1. The second-order valence-electron chi connectivity index (χ2n) is 13.8. The first-order valence-electron chi connectivity index (χ1n) is 19.9. The van der Waals surface area contributed by atoms with E-state index in [1.165, 1.54) is 219 Å². The van der Waals surface area contributed by atoms with Gasteiger partial charge in [-0.15, -0.1) is 0 Å². The molecule has 0 spiro atoms. The van der Waals surface area contributed by atoms with Gasteiger partial charge in [-0.05, 0) is 32.1 Å². The van der Waals surface area contributed by atoms with Crippen molar-refractivity contribution in [1.82, 2.24) is 4.57 Å². The smallest absolute Gasteiger partial charge is 0.234 e. The molecular formula is C40H79N2+. The number of nitrogens with zero attached hydrogens (tertiary/aromatic N) is 2. The topological polar surface area (TPSA) is 8.81 Å². The van der Waals surface area contributed by atoms with E-state index in [0.29, 0.717) is 0 Å². The van der Waals surface area contributed by atoms with Gasteiger partial charge >= 0.3 is 0 Å². The van der Waals surface area contributed by atoms with Crippen molar-refractivity contribution in [1.29, 1.82) is 0 Å². The van der Waals surface area contributed by atoms with E-state index < -0.39 is 0 Å². The van der Waals surface area contributed by atoms with Gasteiger partial charge in [-0.3, -0.25) is 0 Å². The summed E-state index contributed by atoms with van der Waals surface area (Å²) in [7, 11) is 0. The van der Waals surface area contributed by atoms with Crippen LogP contribution in [0.15, 0.2) is 12.4 Å². The molecule has 248 valence electrons. The summed E-state index contributed by atoms with van der Waals surface area (Å²) >= 11 is 0. The zero-order valence-corrected chi connectivity index (χ0v) is 29.6. The maximum atomic E-state index is 2.62. The second-order valence-corrected chi connectivity index (χ2v) is 13.8. The van der Waals surface area contributed by atoms with E-state index in [1.54, 1.807) is 5.82 Å². The van der Waals surface area contributed by atoms with E-state index in [2.05, 4.69) is 42.3 Å². The number of rotatable bonds is 34. The van der Waals surface area contributed by atoms with Gasteiger partial charge in [-0.1, -0.05) is 188 Å². The van der Waals surface area contributed by atoms with Gasteiger partial charge in [0.2, 0.25) is 0 Å². The lowest BCUT2D eigenvalue weighted by Crippen LogP contribution is -2.37. The fourth-order valence-electron chi connectivity index (χ4n) is 6.68. The molecule has 0 aromatic carbocycles. The molecule has 2 nitrogen and oxygen atoms in total. The molecule has 2 heteroatoms. The number of unbranched alkanes of at least 4 members (excludes halogenated alkanes) is 28. The van der Waals surface area contributed by atoms with Crippen LogP contribution in [0.4, 0.5) is 0 Å². The predicted octanol–water partition coefficient (Wildman–Crippen LogP) is 13.5. The van der Waals surface area contributed by atoms with Gasteiger partial charge in [0, 0.05) is 6.42 Å². The summed E-state index contributed by atoms with van der Waals surface area (Å²) in [6.07, 6.45) is 50.4. The summed E-state index contributed by atoms with van der Waals surface area (Å²) in [4.78, 5) is 0. The van der Waals surface area contributed by atoms with E-state index in [0.717, 1.165) is 0 Å². The minimum Gasteiger partial charge on any atom is -0.234 e. The van der Waals surface area contributed by atoms with Crippen molar-refractivity contribution in [2.45, 2.75) is 239 Å².